The lowest BCUT2D eigenvalue weighted by molar-refractivity contribution is 0.324. The summed E-state index contributed by atoms with van der Waals surface area (Å²) in [6, 6.07) is 3.78. The molecule has 2 fully saturated rings. The van der Waals surface area contributed by atoms with E-state index in [4.69, 9.17) is 17.3 Å². The molecule has 4 heteroatoms. The summed E-state index contributed by atoms with van der Waals surface area (Å²) >= 11 is 6.17. The lowest BCUT2D eigenvalue weighted by atomic mass is 9.88. The Balaban J connectivity index is 1.67. The minimum absolute atomic E-state index is 0.167. The van der Waals surface area contributed by atoms with Crippen LogP contribution < -0.4 is 10.6 Å². The Morgan fingerprint density at radius 3 is 2.65 bits per heavy atom. The van der Waals surface area contributed by atoms with Crippen molar-refractivity contribution in [1.29, 1.82) is 0 Å². The normalized spacial score (nSPS) is 23.8. The van der Waals surface area contributed by atoms with Crippen LogP contribution in [0, 0.1) is 5.92 Å². The van der Waals surface area contributed by atoms with Gasteiger partial charge >= 0.3 is 0 Å². The number of nitrogens with zero attached hydrogens (tertiary/aromatic N) is 2. The van der Waals surface area contributed by atoms with E-state index in [2.05, 4.69) is 9.88 Å². The quantitative estimate of drug-likeness (QED) is 0.878. The molecule has 1 aromatic rings. The smallest absolute Gasteiger partial charge is 0.147 e. The summed E-state index contributed by atoms with van der Waals surface area (Å²) in [5.41, 5.74) is 6.44. The van der Waals surface area contributed by atoms with Gasteiger partial charge in [0.15, 0.2) is 0 Å². The van der Waals surface area contributed by atoms with Gasteiger partial charge < -0.3 is 10.6 Å². The first-order valence-corrected chi connectivity index (χ1v) is 6.71. The predicted octanol–water partition coefficient (Wildman–Crippen LogP) is 2.44. The van der Waals surface area contributed by atoms with Crippen molar-refractivity contribution >= 4 is 17.4 Å². The van der Waals surface area contributed by atoms with Crippen LogP contribution in [0.1, 0.15) is 25.7 Å². The molecule has 2 N–H and O–H groups in total. The zero-order valence-corrected chi connectivity index (χ0v) is 10.7. The fourth-order valence-electron chi connectivity index (χ4n) is 2.83. The molecular formula is C13H18ClN3. The second-order valence-corrected chi connectivity index (χ2v) is 5.71. The van der Waals surface area contributed by atoms with E-state index in [1.54, 1.807) is 6.20 Å². The van der Waals surface area contributed by atoms with Gasteiger partial charge in [-0.25, -0.2) is 4.98 Å². The van der Waals surface area contributed by atoms with Crippen molar-refractivity contribution in [3.8, 4) is 0 Å². The number of nitrogens with two attached hydrogens (primary N) is 1. The van der Waals surface area contributed by atoms with Crippen molar-refractivity contribution in [2.75, 3.05) is 18.0 Å². The van der Waals surface area contributed by atoms with Gasteiger partial charge in [0.25, 0.3) is 0 Å². The van der Waals surface area contributed by atoms with Gasteiger partial charge in [-0.05, 0) is 43.7 Å². The topological polar surface area (TPSA) is 42.1 Å². The Kier molecular flexibility index (Phi) is 2.75. The first kappa shape index (κ1) is 11.3. The summed E-state index contributed by atoms with van der Waals surface area (Å²) in [6.45, 7) is 2.06. The molecule has 0 atom stereocenters. The monoisotopic (exact) mass is 251 g/mol. The van der Waals surface area contributed by atoms with Crippen molar-refractivity contribution in [3.05, 3.63) is 23.4 Å². The van der Waals surface area contributed by atoms with Gasteiger partial charge in [-0.3, -0.25) is 0 Å². The highest BCUT2D eigenvalue weighted by Gasteiger charge is 2.46. The molecule has 2 heterocycles. The van der Waals surface area contributed by atoms with Gasteiger partial charge in [-0.1, -0.05) is 11.6 Å². The lowest BCUT2D eigenvalue weighted by Crippen LogP contribution is -2.42. The molecule has 1 aliphatic heterocycles. The van der Waals surface area contributed by atoms with Crippen LogP contribution in [-0.2, 0) is 0 Å². The molecule has 2 aliphatic rings. The van der Waals surface area contributed by atoms with Gasteiger partial charge in [0, 0.05) is 24.8 Å². The Morgan fingerprint density at radius 2 is 2.06 bits per heavy atom. The highest BCUT2D eigenvalue weighted by Crippen LogP contribution is 2.44. The summed E-state index contributed by atoms with van der Waals surface area (Å²) in [6.07, 6.45) is 6.56. The molecule has 3 nitrogen and oxygen atoms in total. The Bertz CT molecular complexity index is 409. The van der Waals surface area contributed by atoms with Gasteiger partial charge in [0.2, 0.25) is 0 Å². The zero-order chi connectivity index (χ0) is 11.9. The molecule has 0 aromatic carbocycles. The van der Waals surface area contributed by atoms with Crippen molar-refractivity contribution < 1.29 is 0 Å². The van der Waals surface area contributed by atoms with E-state index in [0.717, 1.165) is 23.9 Å². The predicted molar refractivity (Wildman–Crippen MR) is 70.3 cm³/mol. The number of pyridine rings is 1. The van der Waals surface area contributed by atoms with Crippen LogP contribution in [0.2, 0.25) is 5.02 Å². The van der Waals surface area contributed by atoms with Crippen molar-refractivity contribution in [3.63, 3.8) is 0 Å². The maximum absolute atomic E-state index is 6.28. The molecule has 0 radical (unpaired) electrons. The van der Waals surface area contributed by atoms with E-state index in [1.807, 2.05) is 12.1 Å². The van der Waals surface area contributed by atoms with Crippen LogP contribution in [0.4, 0.5) is 5.82 Å². The number of halogens is 1. The molecule has 3 rings (SSSR count). The van der Waals surface area contributed by atoms with Crippen molar-refractivity contribution in [2.24, 2.45) is 11.7 Å². The number of rotatable bonds is 2. The molecule has 0 unspecified atom stereocenters. The fraction of sp³-hybridized carbons (Fsp3) is 0.615. The molecule has 0 amide bonds. The molecule has 0 spiro atoms. The summed E-state index contributed by atoms with van der Waals surface area (Å²) < 4.78 is 0. The number of hydrogen-bond donors (Lipinski definition) is 1. The van der Waals surface area contributed by atoms with Crippen LogP contribution in [0.3, 0.4) is 0 Å². The molecule has 17 heavy (non-hydrogen) atoms. The van der Waals surface area contributed by atoms with E-state index in [1.165, 1.54) is 25.7 Å². The minimum atomic E-state index is 0.167. The van der Waals surface area contributed by atoms with Crippen LogP contribution in [0.5, 0.6) is 0 Å². The SMILES string of the molecule is NC1(C2CCN(c3ncccc3Cl)CC2)CC1. The van der Waals surface area contributed by atoms with Crippen LogP contribution in [-0.4, -0.2) is 23.6 Å². The summed E-state index contributed by atoms with van der Waals surface area (Å²) in [5, 5.41) is 0.750. The Labute approximate surface area is 107 Å². The largest absolute Gasteiger partial charge is 0.355 e. The summed E-state index contributed by atoms with van der Waals surface area (Å²) in [4.78, 5) is 6.65. The van der Waals surface area contributed by atoms with Crippen LogP contribution >= 0.6 is 11.6 Å². The number of hydrogen-bond acceptors (Lipinski definition) is 3. The highest BCUT2D eigenvalue weighted by atomic mass is 35.5. The van der Waals surface area contributed by atoms with Crippen molar-refractivity contribution in [1.82, 2.24) is 4.98 Å². The molecule has 92 valence electrons. The number of aromatic nitrogens is 1. The van der Waals surface area contributed by atoms with Crippen molar-refractivity contribution in [2.45, 2.75) is 31.2 Å². The Morgan fingerprint density at radius 1 is 1.35 bits per heavy atom. The molecule has 1 aliphatic carbocycles. The van der Waals surface area contributed by atoms with E-state index in [0.29, 0.717) is 5.92 Å². The first-order valence-electron chi connectivity index (χ1n) is 6.33. The van der Waals surface area contributed by atoms with Crippen LogP contribution in [0.25, 0.3) is 0 Å². The summed E-state index contributed by atoms with van der Waals surface area (Å²) in [5.74, 6) is 1.62. The van der Waals surface area contributed by atoms with Gasteiger partial charge in [0.05, 0.1) is 5.02 Å². The maximum atomic E-state index is 6.28. The second kappa shape index (κ2) is 4.14. The minimum Gasteiger partial charge on any atom is -0.355 e. The van der Waals surface area contributed by atoms with E-state index < -0.39 is 0 Å². The van der Waals surface area contributed by atoms with Crippen LogP contribution in [0.15, 0.2) is 18.3 Å². The van der Waals surface area contributed by atoms with Gasteiger partial charge in [0.1, 0.15) is 5.82 Å². The van der Waals surface area contributed by atoms with Gasteiger partial charge in [-0.2, -0.15) is 0 Å². The molecule has 1 aromatic heterocycles. The third-order valence-electron chi connectivity index (χ3n) is 4.17. The third-order valence-corrected chi connectivity index (χ3v) is 4.47. The molecule has 0 bridgehead atoms. The zero-order valence-electron chi connectivity index (χ0n) is 9.90. The Hall–Kier alpha value is -0.800. The maximum Gasteiger partial charge on any atom is 0.147 e. The second-order valence-electron chi connectivity index (χ2n) is 5.30. The molecule has 1 saturated heterocycles. The average molecular weight is 252 g/mol. The number of anilines is 1. The fourth-order valence-corrected chi connectivity index (χ4v) is 3.07. The number of piperidine rings is 1. The first-order chi connectivity index (χ1) is 8.19. The standard InChI is InChI=1S/C13H18ClN3/c14-11-2-1-7-16-12(11)17-8-3-10(4-9-17)13(15)5-6-13/h1-2,7,10H,3-6,8-9,15H2. The van der Waals surface area contributed by atoms with E-state index in [9.17, 15) is 0 Å². The summed E-state index contributed by atoms with van der Waals surface area (Å²) in [7, 11) is 0. The molecular weight excluding hydrogens is 234 g/mol. The lowest BCUT2D eigenvalue weighted by Gasteiger charge is -2.35. The average Bonchev–Trinajstić information content (AvgIpc) is 3.10. The third kappa shape index (κ3) is 2.14. The molecule has 1 saturated carbocycles. The highest BCUT2D eigenvalue weighted by molar-refractivity contribution is 6.32. The van der Waals surface area contributed by atoms with Gasteiger partial charge in [-0.15, -0.1) is 0 Å². The van der Waals surface area contributed by atoms with E-state index in [-0.39, 0.29) is 5.54 Å². The van der Waals surface area contributed by atoms with E-state index >= 15 is 0 Å².